The molecule has 0 spiro atoms. The van der Waals surface area contributed by atoms with Gasteiger partial charge in [0.05, 0.1) is 39.0 Å². The molecule has 1 aliphatic heterocycles. The highest BCUT2D eigenvalue weighted by Gasteiger charge is 2.31. The monoisotopic (exact) mass is 440 g/mol. The largest absolute Gasteiger partial charge is 0.346 e. The number of hydrogen-bond donors (Lipinski definition) is 2. The summed E-state index contributed by atoms with van der Waals surface area (Å²) in [5, 5.41) is 12.5. The standard InChI is InChI=1S/C24H13ClN4O3/c1-11-12(10-26)3-2-4-14(11)20-15(9-16-19(30)5-6-27-23(16)28-20)13-7-17-21(18(25)8-13)29-24(32)22(17)31/h2-9H,1H3,(H,27,28,30)(H,29,31,32). The van der Waals surface area contributed by atoms with Crippen molar-refractivity contribution in [3.05, 3.63) is 80.6 Å². The lowest BCUT2D eigenvalue weighted by Crippen LogP contribution is -2.12. The van der Waals surface area contributed by atoms with Crippen molar-refractivity contribution in [2.24, 2.45) is 0 Å². The van der Waals surface area contributed by atoms with E-state index in [-0.39, 0.29) is 21.7 Å². The summed E-state index contributed by atoms with van der Waals surface area (Å²) >= 11 is 6.38. The lowest BCUT2D eigenvalue weighted by molar-refractivity contribution is -0.112. The Morgan fingerprint density at radius 2 is 1.84 bits per heavy atom. The van der Waals surface area contributed by atoms with E-state index in [9.17, 15) is 19.6 Å². The van der Waals surface area contributed by atoms with Crippen LogP contribution in [0.2, 0.25) is 5.02 Å². The highest BCUT2D eigenvalue weighted by atomic mass is 35.5. The van der Waals surface area contributed by atoms with Crippen LogP contribution in [0.15, 0.2) is 53.5 Å². The maximum atomic E-state index is 12.5. The van der Waals surface area contributed by atoms with Gasteiger partial charge in [-0.05, 0) is 42.3 Å². The maximum Gasteiger partial charge on any atom is 0.296 e. The fourth-order valence-electron chi connectivity index (χ4n) is 3.90. The van der Waals surface area contributed by atoms with Crippen LogP contribution in [0.4, 0.5) is 5.69 Å². The lowest BCUT2D eigenvalue weighted by Gasteiger charge is -2.15. The number of nitrogens with one attached hydrogen (secondary N) is 2. The van der Waals surface area contributed by atoms with E-state index in [0.717, 1.165) is 5.56 Å². The molecule has 2 N–H and O–H groups in total. The number of fused-ring (bicyclic) bond motifs is 2. The SMILES string of the molecule is Cc1c(C#N)cccc1-c1nc2[nH]ccc(=O)c2cc1-c1cc(Cl)c2c(c1)C(=O)C(=O)N2. The Labute approximate surface area is 186 Å². The molecule has 2 aromatic carbocycles. The number of pyridine rings is 2. The van der Waals surface area contributed by atoms with Crippen molar-refractivity contribution in [1.29, 1.82) is 5.26 Å². The van der Waals surface area contributed by atoms with Crippen molar-refractivity contribution in [1.82, 2.24) is 9.97 Å². The Balaban J connectivity index is 1.87. The van der Waals surface area contributed by atoms with Gasteiger partial charge in [-0.25, -0.2) is 4.98 Å². The van der Waals surface area contributed by atoms with Gasteiger partial charge in [-0.2, -0.15) is 5.26 Å². The van der Waals surface area contributed by atoms with Gasteiger partial charge >= 0.3 is 0 Å². The molecule has 1 amide bonds. The lowest BCUT2D eigenvalue weighted by atomic mass is 9.92. The molecule has 0 fully saturated rings. The molecule has 0 aliphatic carbocycles. The van der Waals surface area contributed by atoms with Crippen LogP contribution in [0, 0.1) is 18.3 Å². The number of nitriles is 1. The van der Waals surface area contributed by atoms with Gasteiger partial charge in [0.25, 0.3) is 11.7 Å². The third kappa shape index (κ3) is 2.89. The molecule has 0 saturated carbocycles. The first-order valence-electron chi connectivity index (χ1n) is 9.61. The second-order valence-electron chi connectivity index (χ2n) is 7.38. The number of anilines is 1. The third-order valence-corrected chi connectivity index (χ3v) is 5.84. The van der Waals surface area contributed by atoms with E-state index in [1.54, 1.807) is 30.3 Å². The molecule has 7 nitrogen and oxygen atoms in total. The molecule has 32 heavy (non-hydrogen) atoms. The minimum Gasteiger partial charge on any atom is -0.346 e. The van der Waals surface area contributed by atoms with Gasteiger partial charge in [0.15, 0.2) is 5.43 Å². The zero-order chi connectivity index (χ0) is 22.6. The predicted octanol–water partition coefficient (Wildman–Crippen LogP) is 4.23. The normalized spacial score (nSPS) is 12.5. The Morgan fingerprint density at radius 3 is 2.62 bits per heavy atom. The molecule has 0 atom stereocenters. The molecule has 154 valence electrons. The molecule has 0 saturated heterocycles. The smallest absolute Gasteiger partial charge is 0.296 e. The van der Waals surface area contributed by atoms with Gasteiger partial charge in [0.1, 0.15) is 5.65 Å². The summed E-state index contributed by atoms with van der Waals surface area (Å²) in [6.45, 7) is 1.82. The molecule has 2 aromatic heterocycles. The second-order valence-corrected chi connectivity index (χ2v) is 7.78. The second kappa shape index (κ2) is 7.15. The fraction of sp³-hybridized carbons (Fsp3) is 0.0417. The Hall–Kier alpha value is -4.28. The van der Waals surface area contributed by atoms with Crippen LogP contribution >= 0.6 is 11.6 Å². The minimum absolute atomic E-state index is 0.160. The van der Waals surface area contributed by atoms with Crippen LogP contribution in [-0.2, 0) is 4.79 Å². The number of benzene rings is 2. The van der Waals surface area contributed by atoms with Crippen LogP contribution in [0.5, 0.6) is 0 Å². The Kier molecular flexibility index (Phi) is 4.40. The minimum atomic E-state index is -0.745. The topological polar surface area (TPSA) is 116 Å². The molecule has 5 rings (SSSR count). The number of rotatable bonds is 2. The zero-order valence-corrected chi connectivity index (χ0v) is 17.4. The molecule has 1 aliphatic rings. The quantitative estimate of drug-likeness (QED) is 0.452. The van der Waals surface area contributed by atoms with E-state index in [0.29, 0.717) is 39.0 Å². The number of aromatic amines is 1. The third-order valence-electron chi connectivity index (χ3n) is 5.54. The summed E-state index contributed by atoms with van der Waals surface area (Å²) < 4.78 is 0. The highest BCUT2D eigenvalue weighted by Crippen LogP contribution is 2.40. The number of hydrogen-bond acceptors (Lipinski definition) is 5. The molecule has 8 heteroatoms. The summed E-state index contributed by atoms with van der Waals surface area (Å²) in [5.41, 5.74) is 4.08. The molecule has 3 heterocycles. The molecule has 0 radical (unpaired) electrons. The van der Waals surface area contributed by atoms with Gasteiger partial charge in [0, 0.05) is 23.4 Å². The molecule has 0 bridgehead atoms. The molecular formula is C24H13ClN4O3. The van der Waals surface area contributed by atoms with Crippen LogP contribution in [0.25, 0.3) is 33.4 Å². The van der Waals surface area contributed by atoms with Crippen LogP contribution < -0.4 is 10.7 Å². The summed E-state index contributed by atoms with van der Waals surface area (Å²) in [4.78, 5) is 44.3. The number of halogens is 1. The zero-order valence-electron chi connectivity index (χ0n) is 16.6. The van der Waals surface area contributed by atoms with Crippen LogP contribution in [0.3, 0.4) is 0 Å². The van der Waals surface area contributed by atoms with Gasteiger partial charge in [-0.1, -0.05) is 23.7 Å². The number of Topliss-reactive ketones (excluding diaryl/α,β-unsaturated/α-hetero) is 1. The number of nitrogens with zero attached hydrogens (tertiary/aromatic N) is 2. The van der Waals surface area contributed by atoms with Crippen molar-refractivity contribution in [2.45, 2.75) is 6.92 Å². The first kappa shape index (κ1) is 19.7. The van der Waals surface area contributed by atoms with Gasteiger partial charge in [0.2, 0.25) is 0 Å². The molecule has 0 unspecified atom stereocenters. The number of carbonyl (C=O) groups is 2. The van der Waals surface area contributed by atoms with E-state index in [1.165, 1.54) is 12.3 Å². The number of carbonyl (C=O) groups excluding carboxylic acids is 2. The predicted molar refractivity (Wildman–Crippen MR) is 121 cm³/mol. The van der Waals surface area contributed by atoms with E-state index in [4.69, 9.17) is 16.6 Å². The van der Waals surface area contributed by atoms with Crippen molar-refractivity contribution in [3.8, 4) is 28.5 Å². The van der Waals surface area contributed by atoms with Gasteiger partial charge in [-0.3, -0.25) is 14.4 Å². The van der Waals surface area contributed by atoms with E-state index >= 15 is 0 Å². The first-order valence-corrected chi connectivity index (χ1v) is 9.99. The average molecular weight is 441 g/mol. The fourth-order valence-corrected chi connectivity index (χ4v) is 4.16. The summed E-state index contributed by atoms with van der Waals surface area (Å²) in [7, 11) is 0. The maximum absolute atomic E-state index is 12.5. The first-order chi connectivity index (χ1) is 15.4. The van der Waals surface area contributed by atoms with Crippen molar-refractivity contribution in [2.75, 3.05) is 5.32 Å². The molecule has 4 aromatic rings. The van der Waals surface area contributed by atoms with Crippen molar-refractivity contribution in [3.63, 3.8) is 0 Å². The van der Waals surface area contributed by atoms with E-state index in [2.05, 4.69) is 16.4 Å². The number of H-pyrrole nitrogens is 1. The average Bonchev–Trinajstić information content (AvgIpc) is 3.08. The number of amides is 1. The van der Waals surface area contributed by atoms with Gasteiger partial charge < -0.3 is 10.3 Å². The summed E-state index contributed by atoms with van der Waals surface area (Å²) in [6.07, 6.45) is 1.52. The Bertz CT molecular complexity index is 1600. The Morgan fingerprint density at radius 1 is 1.03 bits per heavy atom. The summed E-state index contributed by atoms with van der Waals surface area (Å²) in [6, 6.07) is 13.7. The summed E-state index contributed by atoms with van der Waals surface area (Å²) in [5.74, 6) is -1.43. The highest BCUT2D eigenvalue weighted by molar-refractivity contribution is 6.53. The van der Waals surface area contributed by atoms with Crippen LogP contribution in [0.1, 0.15) is 21.5 Å². The van der Waals surface area contributed by atoms with Gasteiger partial charge in [-0.15, -0.1) is 0 Å². The number of ketones is 1. The van der Waals surface area contributed by atoms with Crippen molar-refractivity contribution >= 4 is 40.0 Å². The van der Waals surface area contributed by atoms with E-state index < -0.39 is 11.7 Å². The van der Waals surface area contributed by atoms with E-state index in [1.807, 2.05) is 13.0 Å². The van der Waals surface area contributed by atoms with Crippen LogP contribution in [-0.4, -0.2) is 21.7 Å². The number of aromatic nitrogens is 2. The molecular weight excluding hydrogens is 428 g/mol. The van der Waals surface area contributed by atoms with Crippen molar-refractivity contribution < 1.29 is 9.59 Å².